The van der Waals surface area contributed by atoms with Crippen molar-refractivity contribution < 1.29 is 19.1 Å². The number of rotatable bonds is 2. The molecule has 0 amide bonds. The molecule has 0 aromatic heterocycles. The highest BCUT2D eigenvalue weighted by atomic mass is 16.6. The van der Waals surface area contributed by atoms with Gasteiger partial charge in [-0.2, -0.15) is 0 Å². The quantitative estimate of drug-likeness (QED) is 0.574. The first kappa shape index (κ1) is 9.03. The van der Waals surface area contributed by atoms with E-state index in [1.807, 2.05) is 0 Å². The predicted octanol–water partition coefficient (Wildman–Crippen LogP) is 0.644. The fourth-order valence-electron chi connectivity index (χ4n) is 1.18. The van der Waals surface area contributed by atoms with Gasteiger partial charge in [-0.25, -0.2) is 0 Å². The van der Waals surface area contributed by atoms with Gasteiger partial charge in [0, 0.05) is 26.7 Å². The summed E-state index contributed by atoms with van der Waals surface area (Å²) in [5.74, 6) is -0.553. The highest BCUT2D eigenvalue weighted by Crippen LogP contribution is 2.26. The molecular formula is C8H12O4. The third-order valence-electron chi connectivity index (χ3n) is 1.72. The van der Waals surface area contributed by atoms with Gasteiger partial charge in [-0.05, 0) is 0 Å². The van der Waals surface area contributed by atoms with Crippen LogP contribution in [0.15, 0.2) is 0 Å². The van der Waals surface area contributed by atoms with E-state index in [-0.39, 0.29) is 24.1 Å². The third kappa shape index (κ3) is 2.53. The van der Waals surface area contributed by atoms with Crippen LogP contribution in [0.5, 0.6) is 0 Å². The fourth-order valence-corrected chi connectivity index (χ4v) is 1.18. The van der Waals surface area contributed by atoms with Gasteiger partial charge in [-0.3, -0.25) is 9.59 Å². The second-order valence-electron chi connectivity index (χ2n) is 2.93. The maximum atomic E-state index is 10.4. The van der Waals surface area contributed by atoms with E-state index in [0.29, 0.717) is 12.8 Å². The largest absolute Gasteiger partial charge is 0.462 e. The molecule has 0 bridgehead atoms. The van der Waals surface area contributed by atoms with E-state index in [1.165, 1.54) is 13.8 Å². The van der Waals surface area contributed by atoms with Crippen molar-refractivity contribution in [2.75, 3.05) is 0 Å². The first-order valence-corrected chi connectivity index (χ1v) is 3.92. The van der Waals surface area contributed by atoms with Gasteiger partial charge in [0.2, 0.25) is 0 Å². The van der Waals surface area contributed by atoms with Crippen molar-refractivity contribution in [1.82, 2.24) is 0 Å². The summed E-state index contributed by atoms with van der Waals surface area (Å²) < 4.78 is 9.74. The average molecular weight is 172 g/mol. The van der Waals surface area contributed by atoms with Crippen LogP contribution in [0.2, 0.25) is 0 Å². The lowest BCUT2D eigenvalue weighted by Crippen LogP contribution is -2.39. The molecule has 0 radical (unpaired) electrons. The molecule has 0 N–H and O–H groups in total. The zero-order valence-corrected chi connectivity index (χ0v) is 7.20. The molecule has 1 aliphatic rings. The van der Waals surface area contributed by atoms with Crippen LogP contribution in [0.25, 0.3) is 0 Å². The van der Waals surface area contributed by atoms with Crippen LogP contribution >= 0.6 is 0 Å². The molecule has 0 atom stereocenters. The number of hydrogen-bond donors (Lipinski definition) is 0. The molecule has 12 heavy (non-hydrogen) atoms. The van der Waals surface area contributed by atoms with Gasteiger partial charge in [0.05, 0.1) is 0 Å². The Kier molecular flexibility index (Phi) is 2.68. The van der Waals surface area contributed by atoms with Crippen molar-refractivity contribution >= 4 is 11.9 Å². The molecule has 0 saturated heterocycles. The molecular weight excluding hydrogens is 160 g/mol. The summed E-state index contributed by atoms with van der Waals surface area (Å²) >= 11 is 0. The van der Waals surface area contributed by atoms with E-state index < -0.39 is 0 Å². The third-order valence-corrected chi connectivity index (χ3v) is 1.72. The Balaban J connectivity index is 2.11. The Hall–Kier alpha value is -1.06. The molecule has 1 rings (SSSR count). The number of hydrogen-bond acceptors (Lipinski definition) is 4. The van der Waals surface area contributed by atoms with E-state index in [0.717, 1.165) is 0 Å². The second-order valence-corrected chi connectivity index (χ2v) is 2.93. The summed E-state index contributed by atoms with van der Waals surface area (Å²) in [6, 6.07) is 0. The Morgan fingerprint density at radius 3 is 1.58 bits per heavy atom. The normalized spacial score (nSPS) is 27.2. The van der Waals surface area contributed by atoms with Crippen molar-refractivity contribution in [1.29, 1.82) is 0 Å². The van der Waals surface area contributed by atoms with Crippen LogP contribution < -0.4 is 0 Å². The Bertz CT molecular complexity index is 173. The van der Waals surface area contributed by atoms with Gasteiger partial charge in [-0.1, -0.05) is 0 Å². The lowest BCUT2D eigenvalue weighted by Gasteiger charge is -2.33. The fraction of sp³-hybridized carbons (Fsp3) is 0.750. The zero-order valence-electron chi connectivity index (χ0n) is 7.20. The second kappa shape index (κ2) is 3.56. The minimum absolute atomic E-state index is 0.0492. The smallest absolute Gasteiger partial charge is 0.302 e. The van der Waals surface area contributed by atoms with Crippen LogP contribution in [0.3, 0.4) is 0 Å². The highest BCUT2D eigenvalue weighted by Gasteiger charge is 2.33. The Morgan fingerprint density at radius 1 is 1.00 bits per heavy atom. The maximum Gasteiger partial charge on any atom is 0.302 e. The summed E-state index contributed by atoms with van der Waals surface area (Å²) in [5, 5.41) is 0. The number of esters is 2. The number of carbonyl (C=O) groups excluding carboxylic acids is 2. The standard InChI is InChI=1S/C8H12O4/c1-5(9)11-7-3-8(4-7)12-6(2)10/h7-8H,3-4H2,1-2H3. The van der Waals surface area contributed by atoms with E-state index in [2.05, 4.69) is 0 Å². The highest BCUT2D eigenvalue weighted by molar-refractivity contribution is 5.67. The molecule has 4 nitrogen and oxygen atoms in total. The van der Waals surface area contributed by atoms with Gasteiger partial charge in [-0.15, -0.1) is 0 Å². The van der Waals surface area contributed by atoms with Crippen molar-refractivity contribution in [2.24, 2.45) is 0 Å². The van der Waals surface area contributed by atoms with Gasteiger partial charge in [0.25, 0.3) is 0 Å². The van der Waals surface area contributed by atoms with E-state index in [4.69, 9.17) is 9.47 Å². The molecule has 68 valence electrons. The average Bonchev–Trinajstić information content (AvgIpc) is 1.80. The minimum atomic E-state index is -0.277. The predicted molar refractivity (Wildman–Crippen MR) is 40.3 cm³/mol. The van der Waals surface area contributed by atoms with Gasteiger partial charge < -0.3 is 9.47 Å². The molecule has 1 saturated carbocycles. The summed E-state index contributed by atoms with van der Waals surface area (Å²) in [6.45, 7) is 2.75. The van der Waals surface area contributed by atoms with Gasteiger partial charge in [0.1, 0.15) is 12.2 Å². The van der Waals surface area contributed by atoms with E-state index >= 15 is 0 Å². The lowest BCUT2D eigenvalue weighted by molar-refractivity contribution is -0.167. The molecule has 1 fully saturated rings. The Morgan fingerprint density at radius 2 is 1.33 bits per heavy atom. The topological polar surface area (TPSA) is 52.6 Å². The van der Waals surface area contributed by atoms with Crippen molar-refractivity contribution in [3.05, 3.63) is 0 Å². The Labute approximate surface area is 70.8 Å². The van der Waals surface area contributed by atoms with E-state index in [9.17, 15) is 9.59 Å². The number of carbonyl (C=O) groups is 2. The van der Waals surface area contributed by atoms with Crippen LogP contribution in [-0.2, 0) is 19.1 Å². The van der Waals surface area contributed by atoms with Crippen LogP contribution in [0, 0.1) is 0 Å². The van der Waals surface area contributed by atoms with Gasteiger partial charge >= 0.3 is 11.9 Å². The summed E-state index contributed by atoms with van der Waals surface area (Å²) in [6.07, 6.45) is 1.18. The lowest BCUT2D eigenvalue weighted by atomic mass is 9.92. The summed E-state index contributed by atoms with van der Waals surface area (Å²) in [5.41, 5.74) is 0. The summed E-state index contributed by atoms with van der Waals surface area (Å²) in [4.78, 5) is 20.9. The number of ether oxygens (including phenoxy) is 2. The first-order valence-electron chi connectivity index (χ1n) is 3.92. The van der Waals surface area contributed by atoms with Crippen molar-refractivity contribution in [3.8, 4) is 0 Å². The molecule has 0 heterocycles. The van der Waals surface area contributed by atoms with Crippen LogP contribution in [0.4, 0.5) is 0 Å². The molecule has 4 heteroatoms. The zero-order chi connectivity index (χ0) is 9.14. The maximum absolute atomic E-state index is 10.4. The summed E-state index contributed by atoms with van der Waals surface area (Å²) in [7, 11) is 0. The van der Waals surface area contributed by atoms with Gasteiger partial charge in [0.15, 0.2) is 0 Å². The van der Waals surface area contributed by atoms with Crippen molar-refractivity contribution in [2.45, 2.75) is 38.9 Å². The van der Waals surface area contributed by atoms with Crippen LogP contribution in [-0.4, -0.2) is 24.1 Å². The monoisotopic (exact) mass is 172 g/mol. The molecule has 1 aliphatic carbocycles. The molecule has 0 unspecified atom stereocenters. The SMILES string of the molecule is CC(=O)OC1CC(OC(C)=O)C1. The molecule has 0 spiro atoms. The molecule has 0 aromatic rings. The van der Waals surface area contributed by atoms with Crippen LogP contribution in [0.1, 0.15) is 26.7 Å². The molecule has 0 aliphatic heterocycles. The first-order chi connectivity index (χ1) is 5.58. The molecule has 0 aromatic carbocycles. The van der Waals surface area contributed by atoms with E-state index in [1.54, 1.807) is 0 Å². The minimum Gasteiger partial charge on any atom is -0.462 e. The van der Waals surface area contributed by atoms with Crippen molar-refractivity contribution in [3.63, 3.8) is 0 Å².